The number of fused-ring (bicyclic) bond motifs is 3. The zero-order chi connectivity index (χ0) is 23.2. The van der Waals surface area contributed by atoms with E-state index in [-0.39, 0.29) is 54.0 Å². The third-order valence-corrected chi connectivity index (χ3v) is 9.53. The van der Waals surface area contributed by atoms with Crippen LogP contribution in [0, 0.1) is 5.92 Å². The van der Waals surface area contributed by atoms with Crippen LogP contribution >= 0.6 is 12.4 Å². The molecule has 3 saturated heterocycles. The minimum atomic E-state index is -3.30. The maximum Gasteiger partial charge on any atom is 0.265 e. The van der Waals surface area contributed by atoms with E-state index in [0.717, 1.165) is 38.8 Å². The number of nitrogens with zero attached hydrogens (tertiary/aromatic N) is 1. The van der Waals surface area contributed by atoms with Crippen molar-refractivity contribution in [3.8, 4) is 5.75 Å². The number of anilines is 1. The minimum absolute atomic E-state index is 0. The normalized spacial score (nSPS) is 29.4. The van der Waals surface area contributed by atoms with Crippen LogP contribution in [0.15, 0.2) is 18.2 Å². The summed E-state index contributed by atoms with van der Waals surface area (Å²) < 4.78 is 33.8. The molecular formula is C23H33ClN4O5S. The lowest BCUT2D eigenvalue weighted by Gasteiger charge is -2.39. The summed E-state index contributed by atoms with van der Waals surface area (Å²) in [6, 6.07) is 4.85. The van der Waals surface area contributed by atoms with E-state index in [2.05, 4.69) is 16.0 Å². The fourth-order valence-electron chi connectivity index (χ4n) is 5.76. The average molecular weight is 513 g/mol. The van der Waals surface area contributed by atoms with E-state index >= 15 is 0 Å². The summed E-state index contributed by atoms with van der Waals surface area (Å²) >= 11 is 0. The molecule has 0 aromatic heterocycles. The van der Waals surface area contributed by atoms with Crippen LogP contribution in [-0.2, 0) is 14.8 Å². The second-order valence-corrected chi connectivity index (χ2v) is 11.7. The molecule has 3 N–H and O–H groups in total. The lowest BCUT2D eigenvalue weighted by atomic mass is 9.99. The van der Waals surface area contributed by atoms with Crippen molar-refractivity contribution in [1.82, 2.24) is 14.9 Å². The summed E-state index contributed by atoms with van der Waals surface area (Å²) in [6.45, 7) is 3.45. The Morgan fingerprint density at radius 1 is 1.15 bits per heavy atom. The summed E-state index contributed by atoms with van der Waals surface area (Å²) in [6.07, 6.45) is 4.22. The standard InChI is InChI=1S/C23H32N4O5S.ClH/c1-14-22(28)26-20-10-16(2-5-21(20)32-14)23(29)25-17-11-18-3-4-19(12-17)27(18)33(30,31)13-15-6-8-24-9-7-15;/h2,5,10,14-15,17-19,24H,3-4,6-9,11-13H2,1H3,(H,25,29)(H,26,28);1H/t14-,17?,18-,19+;/m1./s1. The number of amides is 2. The van der Waals surface area contributed by atoms with E-state index in [9.17, 15) is 18.0 Å². The summed E-state index contributed by atoms with van der Waals surface area (Å²) in [5, 5.41) is 9.15. The van der Waals surface area contributed by atoms with Gasteiger partial charge in [0.25, 0.3) is 11.8 Å². The molecule has 1 unspecified atom stereocenters. The summed E-state index contributed by atoms with van der Waals surface area (Å²) in [4.78, 5) is 24.8. The molecule has 0 aliphatic carbocycles. The Hall–Kier alpha value is -1.88. The smallest absolute Gasteiger partial charge is 0.265 e. The number of benzene rings is 1. The molecule has 9 nitrogen and oxygen atoms in total. The van der Waals surface area contributed by atoms with Crippen LogP contribution in [0.5, 0.6) is 5.75 Å². The largest absolute Gasteiger partial charge is 0.479 e. The summed E-state index contributed by atoms with van der Waals surface area (Å²) in [5.74, 6) is 0.546. The maximum absolute atomic E-state index is 13.2. The van der Waals surface area contributed by atoms with E-state index in [0.29, 0.717) is 29.8 Å². The number of hydrogen-bond donors (Lipinski definition) is 3. The molecule has 0 spiro atoms. The lowest BCUT2D eigenvalue weighted by Crippen LogP contribution is -2.53. The van der Waals surface area contributed by atoms with Crippen LogP contribution in [-0.4, -0.2) is 67.6 Å². The first kappa shape index (κ1) is 25.2. The van der Waals surface area contributed by atoms with Gasteiger partial charge in [0, 0.05) is 23.7 Å². The molecule has 2 bridgehead atoms. The van der Waals surface area contributed by atoms with Gasteiger partial charge in [-0.3, -0.25) is 9.59 Å². The number of nitrogens with one attached hydrogen (secondary N) is 3. The second kappa shape index (κ2) is 10.0. The van der Waals surface area contributed by atoms with Crippen molar-refractivity contribution in [2.45, 2.75) is 69.7 Å². The predicted octanol–water partition coefficient (Wildman–Crippen LogP) is 1.88. The van der Waals surface area contributed by atoms with Crippen LogP contribution in [0.3, 0.4) is 0 Å². The molecule has 4 atom stereocenters. The third-order valence-electron chi connectivity index (χ3n) is 7.40. The Kier molecular flexibility index (Phi) is 7.42. The monoisotopic (exact) mass is 512 g/mol. The van der Waals surface area contributed by atoms with Crippen molar-refractivity contribution in [2.75, 3.05) is 24.2 Å². The molecular weight excluding hydrogens is 480 g/mol. The first-order valence-corrected chi connectivity index (χ1v) is 13.6. The first-order valence-electron chi connectivity index (χ1n) is 11.9. The Morgan fingerprint density at radius 2 is 1.82 bits per heavy atom. The molecule has 4 heterocycles. The van der Waals surface area contributed by atoms with Gasteiger partial charge in [-0.2, -0.15) is 4.31 Å². The SMILES string of the molecule is C[C@H]1Oc2ccc(C(=O)NC3C[C@H]4CC[C@@H](C3)N4S(=O)(=O)CC3CCNCC3)cc2NC1=O.Cl. The number of rotatable bonds is 5. The van der Waals surface area contributed by atoms with Crippen LogP contribution < -0.4 is 20.7 Å². The number of sulfonamides is 1. The lowest BCUT2D eigenvalue weighted by molar-refractivity contribution is -0.122. The minimum Gasteiger partial charge on any atom is -0.479 e. The van der Waals surface area contributed by atoms with Gasteiger partial charge in [0.05, 0.1) is 11.4 Å². The Bertz CT molecular complexity index is 1030. The Morgan fingerprint density at radius 3 is 2.50 bits per heavy atom. The van der Waals surface area contributed by atoms with E-state index < -0.39 is 16.1 Å². The van der Waals surface area contributed by atoms with Gasteiger partial charge < -0.3 is 20.7 Å². The highest BCUT2D eigenvalue weighted by Gasteiger charge is 2.47. The summed E-state index contributed by atoms with van der Waals surface area (Å²) in [7, 11) is -3.30. The fourth-order valence-corrected chi connectivity index (χ4v) is 8.15. The van der Waals surface area contributed by atoms with Crippen molar-refractivity contribution >= 4 is 39.9 Å². The van der Waals surface area contributed by atoms with Gasteiger partial charge in [-0.25, -0.2) is 8.42 Å². The van der Waals surface area contributed by atoms with Crippen LogP contribution in [0.1, 0.15) is 55.8 Å². The van der Waals surface area contributed by atoms with Gasteiger partial charge in [0.1, 0.15) is 5.75 Å². The Labute approximate surface area is 206 Å². The highest BCUT2D eigenvalue weighted by atomic mass is 35.5. The molecule has 1 aromatic carbocycles. The van der Waals surface area contributed by atoms with Crippen LogP contribution in [0.4, 0.5) is 5.69 Å². The Balaban J connectivity index is 0.00000274. The van der Waals surface area contributed by atoms with E-state index in [4.69, 9.17) is 4.74 Å². The molecule has 1 aromatic rings. The fraction of sp³-hybridized carbons (Fsp3) is 0.652. The van der Waals surface area contributed by atoms with Crippen LogP contribution in [0.2, 0.25) is 0 Å². The number of halogens is 1. The highest BCUT2D eigenvalue weighted by molar-refractivity contribution is 7.89. The zero-order valence-corrected chi connectivity index (χ0v) is 20.9. The van der Waals surface area contributed by atoms with E-state index in [1.54, 1.807) is 29.4 Å². The van der Waals surface area contributed by atoms with Crippen LogP contribution in [0.25, 0.3) is 0 Å². The van der Waals surface area contributed by atoms with Gasteiger partial charge in [-0.05, 0) is 82.7 Å². The molecule has 0 radical (unpaired) electrons. The number of hydrogen-bond acceptors (Lipinski definition) is 6. The van der Waals surface area contributed by atoms with Crippen molar-refractivity contribution in [1.29, 1.82) is 0 Å². The first-order chi connectivity index (χ1) is 15.8. The second-order valence-electron chi connectivity index (χ2n) is 9.79. The molecule has 11 heteroatoms. The highest BCUT2D eigenvalue weighted by Crippen LogP contribution is 2.39. The number of carbonyl (C=O) groups is 2. The molecule has 5 rings (SSSR count). The molecule has 3 fully saturated rings. The maximum atomic E-state index is 13.2. The number of piperidine rings is 2. The van der Waals surface area contributed by atoms with E-state index in [1.165, 1.54) is 0 Å². The molecule has 0 saturated carbocycles. The number of ether oxygens (including phenoxy) is 1. The topological polar surface area (TPSA) is 117 Å². The molecule has 4 aliphatic rings. The van der Waals surface area contributed by atoms with Crippen molar-refractivity contribution in [3.63, 3.8) is 0 Å². The van der Waals surface area contributed by atoms with Gasteiger partial charge in [-0.15, -0.1) is 12.4 Å². The van der Waals surface area contributed by atoms with Gasteiger partial charge in [-0.1, -0.05) is 0 Å². The van der Waals surface area contributed by atoms with Crippen molar-refractivity contribution < 1.29 is 22.7 Å². The summed E-state index contributed by atoms with van der Waals surface area (Å²) in [5.41, 5.74) is 0.935. The molecule has 4 aliphatic heterocycles. The molecule has 2 amide bonds. The zero-order valence-electron chi connectivity index (χ0n) is 19.3. The third kappa shape index (κ3) is 5.05. The van der Waals surface area contributed by atoms with Gasteiger partial charge >= 0.3 is 0 Å². The van der Waals surface area contributed by atoms with Gasteiger partial charge in [0.15, 0.2) is 6.10 Å². The quantitative estimate of drug-likeness (QED) is 0.554. The number of carbonyl (C=O) groups excluding carboxylic acids is 2. The van der Waals surface area contributed by atoms with Crippen molar-refractivity contribution in [3.05, 3.63) is 23.8 Å². The average Bonchev–Trinajstić information content (AvgIpc) is 3.07. The van der Waals surface area contributed by atoms with Gasteiger partial charge in [0.2, 0.25) is 10.0 Å². The van der Waals surface area contributed by atoms with E-state index in [1.807, 2.05) is 0 Å². The molecule has 188 valence electrons. The van der Waals surface area contributed by atoms with Crippen molar-refractivity contribution in [2.24, 2.45) is 5.92 Å². The molecule has 34 heavy (non-hydrogen) atoms. The predicted molar refractivity (Wildman–Crippen MR) is 131 cm³/mol.